The Hall–Kier alpha value is -3.26. The van der Waals surface area contributed by atoms with Crippen LogP contribution in [0.2, 0.25) is 0 Å². The van der Waals surface area contributed by atoms with E-state index in [4.69, 9.17) is 19.8 Å². The second kappa shape index (κ2) is 8.39. The second-order valence-corrected chi connectivity index (χ2v) is 4.97. The number of nitrogens with zero attached hydrogens (tertiary/aromatic N) is 1. The number of methoxy groups -OCH3 is 1. The molecule has 0 aliphatic heterocycles. The molecule has 0 atom stereocenters. The predicted molar refractivity (Wildman–Crippen MR) is 89.9 cm³/mol. The molecular weight excluding hydrogens is 306 g/mol. The van der Waals surface area contributed by atoms with Crippen LogP contribution in [-0.2, 0) is 11.2 Å². The number of ether oxygens (including phenoxy) is 2. The van der Waals surface area contributed by atoms with Crippen molar-refractivity contribution in [3.8, 4) is 17.6 Å². The summed E-state index contributed by atoms with van der Waals surface area (Å²) in [7, 11) is 1.51. The molecule has 0 bridgehead atoms. The van der Waals surface area contributed by atoms with Gasteiger partial charge in [0.1, 0.15) is 11.6 Å². The molecule has 2 aromatic carbocycles. The lowest BCUT2D eigenvalue weighted by molar-refractivity contribution is -0.132. The van der Waals surface area contributed by atoms with E-state index in [1.807, 2.05) is 30.3 Å². The van der Waals surface area contributed by atoms with Crippen LogP contribution in [-0.4, -0.2) is 24.8 Å². The Labute approximate surface area is 140 Å². The van der Waals surface area contributed by atoms with Crippen LogP contribution < -0.4 is 9.47 Å². The first kappa shape index (κ1) is 17.1. The highest BCUT2D eigenvalue weighted by atomic mass is 16.5. The van der Waals surface area contributed by atoms with Crippen LogP contribution in [0.4, 0.5) is 0 Å². The number of benzene rings is 2. The van der Waals surface area contributed by atoms with Crippen molar-refractivity contribution in [3.63, 3.8) is 0 Å². The van der Waals surface area contributed by atoms with Gasteiger partial charge in [0.05, 0.1) is 13.7 Å². The lowest BCUT2D eigenvalue weighted by Gasteiger charge is -2.11. The number of nitriles is 1. The van der Waals surface area contributed by atoms with Gasteiger partial charge in [-0.1, -0.05) is 36.4 Å². The molecule has 122 valence electrons. The zero-order chi connectivity index (χ0) is 17.4. The SMILES string of the molecule is COc1cc(/C=C(\C#N)C(=O)O)ccc1OCCc1ccccc1. The summed E-state index contributed by atoms with van der Waals surface area (Å²) in [5.74, 6) is -0.210. The molecule has 2 aromatic rings. The lowest BCUT2D eigenvalue weighted by Crippen LogP contribution is -2.03. The van der Waals surface area contributed by atoms with Gasteiger partial charge in [0.25, 0.3) is 0 Å². The van der Waals surface area contributed by atoms with Crippen molar-refractivity contribution in [2.24, 2.45) is 0 Å². The van der Waals surface area contributed by atoms with Gasteiger partial charge in [-0.15, -0.1) is 0 Å². The van der Waals surface area contributed by atoms with E-state index in [0.29, 0.717) is 23.7 Å². The highest BCUT2D eigenvalue weighted by Crippen LogP contribution is 2.29. The highest BCUT2D eigenvalue weighted by Gasteiger charge is 2.09. The van der Waals surface area contributed by atoms with Crippen molar-refractivity contribution in [3.05, 3.63) is 65.2 Å². The largest absolute Gasteiger partial charge is 0.493 e. The molecule has 5 heteroatoms. The first-order chi connectivity index (χ1) is 11.6. The van der Waals surface area contributed by atoms with Crippen LogP contribution in [0.15, 0.2) is 54.1 Å². The molecule has 0 radical (unpaired) electrons. The van der Waals surface area contributed by atoms with Crippen molar-refractivity contribution in [2.75, 3.05) is 13.7 Å². The van der Waals surface area contributed by atoms with Crippen molar-refractivity contribution < 1.29 is 19.4 Å². The predicted octanol–water partition coefficient (Wildman–Crippen LogP) is 3.31. The maximum absolute atomic E-state index is 10.9. The van der Waals surface area contributed by atoms with Crippen LogP contribution in [0, 0.1) is 11.3 Å². The van der Waals surface area contributed by atoms with Gasteiger partial charge >= 0.3 is 5.97 Å². The van der Waals surface area contributed by atoms with Crippen molar-refractivity contribution in [2.45, 2.75) is 6.42 Å². The number of carboxylic acid groups (broad SMARTS) is 1. The average Bonchev–Trinajstić information content (AvgIpc) is 2.61. The molecule has 24 heavy (non-hydrogen) atoms. The summed E-state index contributed by atoms with van der Waals surface area (Å²) in [5.41, 5.74) is 1.40. The molecule has 0 saturated carbocycles. The van der Waals surface area contributed by atoms with Gasteiger partial charge in [-0.25, -0.2) is 4.79 Å². The standard InChI is InChI=1S/C19H17NO4/c1-23-18-12-15(11-16(13-20)19(21)22)7-8-17(18)24-10-9-14-5-3-2-4-6-14/h2-8,11-12H,9-10H2,1H3,(H,21,22)/b16-11+. The van der Waals surface area contributed by atoms with Gasteiger partial charge in [-0.05, 0) is 29.3 Å². The molecule has 0 aliphatic rings. The van der Waals surface area contributed by atoms with Crippen molar-refractivity contribution in [1.29, 1.82) is 5.26 Å². The van der Waals surface area contributed by atoms with E-state index in [1.165, 1.54) is 18.7 Å². The van der Waals surface area contributed by atoms with Crippen LogP contribution in [0.1, 0.15) is 11.1 Å². The van der Waals surface area contributed by atoms with Crippen LogP contribution in [0.3, 0.4) is 0 Å². The Balaban J connectivity index is 2.09. The average molecular weight is 323 g/mol. The molecule has 0 heterocycles. The van der Waals surface area contributed by atoms with E-state index in [2.05, 4.69) is 0 Å². The van der Waals surface area contributed by atoms with Crippen LogP contribution in [0.5, 0.6) is 11.5 Å². The lowest BCUT2D eigenvalue weighted by atomic mass is 10.1. The Morgan fingerprint density at radius 1 is 1.21 bits per heavy atom. The molecule has 2 rings (SSSR count). The van der Waals surface area contributed by atoms with E-state index < -0.39 is 5.97 Å². The Morgan fingerprint density at radius 2 is 1.96 bits per heavy atom. The fourth-order valence-electron chi connectivity index (χ4n) is 2.13. The molecule has 0 spiro atoms. The molecule has 0 saturated heterocycles. The molecule has 0 unspecified atom stereocenters. The van der Waals surface area contributed by atoms with Crippen LogP contribution in [0.25, 0.3) is 6.08 Å². The minimum absolute atomic E-state index is 0.338. The van der Waals surface area contributed by atoms with Gasteiger partial charge in [-0.3, -0.25) is 0 Å². The van der Waals surface area contributed by atoms with Gasteiger partial charge in [0.15, 0.2) is 11.5 Å². The number of carbonyl (C=O) groups is 1. The topological polar surface area (TPSA) is 79.5 Å². The fourth-order valence-corrected chi connectivity index (χ4v) is 2.13. The minimum Gasteiger partial charge on any atom is -0.493 e. The summed E-state index contributed by atoms with van der Waals surface area (Å²) in [5, 5.41) is 17.7. The maximum atomic E-state index is 10.9. The monoisotopic (exact) mass is 323 g/mol. The third-order valence-corrected chi connectivity index (χ3v) is 3.34. The van der Waals surface area contributed by atoms with E-state index >= 15 is 0 Å². The zero-order valence-electron chi connectivity index (χ0n) is 13.2. The minimum atomic E-state index is -1.26. The normalized spacial score (nSPS) is 10.8. The smallest absolute Gasteiger partial charge is 0.346 e. The quantitative estimate of drug-likeness (QED) is 0.624. The summed E-state index contributed by atoms with van der Waals surface area (Å²) in [4.78, 5) is 10.9. The third kappa shape index (κ3) is 4.62. The summed E-state index contributed by atoms with van der Waals surface area (Å²) in [6.07, 6.45) is 2.06. The fraction of sp³-hybridized carbons (Fsp3) is 0.158. The first-order valence-electron chi connectivity index (χ1n) is 7.34. The Bertz CT molecular complexity index is 776. The summed E-state index contributed by atoms with van der Waals surface area (Å²) < 4.78 is 11.0. The van der Waals surface area contributed by atoms with Gasteiger partial charge < -0.3 is 14.6 Å². The number of carboxylic acids is 1. The van der Waals surface area contributed by atoms with E-state index in [-0.39, 0.29) is 5.57 Å². The number of rotatable bonds is 7. The van der Waals surface area contributed by atoms with E-state index in [9.17, 15) is 4.79 Å². The van der Waals surface area contributed by atoms with E-state index in [0.717, 1.165) is 6.42 Å². The van der Waals surface area contributed by atoms with Gasteiger partial charge in [0.2, 0.25) is 0 Å². The summed E-state index contributed by atoms with van der Waals surface area (Å²) >= 11 is 0. The number of hydrogen-bond acceptors (Lipinski definition) is 4. The van der Waals surface area contributed by atoms with Crippen LogP contribution >= 0.6 is 0 Å². The Kier molecular flexibility index (Phi) is 5.98. The second-order valence-electron chi connectivity index (χ2n) is 4.97. The molecular formula is C19H17NO4. The molecule has 0 aliphatic carbocycles. The third-order valence-electron chi connectivity index (χ3n) is 3.34. The van der Waals surface area contributed by atoms with E-state index in [1.54, 1.807) is 24.3 Å². The zero-order valence-corrected chi connectivity index (χ0v) is 13.2. The first-order valence-corrected chi connectivity index (χ1v) is 7.34. The molecule has 0 amide bonds. The molecule has 0 fully saturated rings. The number of aliphatic carboxylic acids is 1. The highest BCUT2D eigenvalue weighted by molar-refractivity contribution is 5.96. The van der Waals surface area contributed by atoms with Gasteiger partial charge in [-0.2, -0.15) is 5.26 Å². The van der Waals surface area contributed by atoms with Crippen molar-refractivity contribution >= 4 is 12.0 Å². The molecule has 5 nitrogen and oxygen atoms in total. The summed E-state index contributed by atoms with van der Waals surface area (Å²) in [6.45, 7) is 0.494. The number of hydrogen-bond donors (Lipinski definition) is 1. The molecule has 1 N–H and O–H groups in total. The summed E-state index contributed by atoms with van der Waals surface area (Å²) in [6, 6.07) is 16.6. The Morgan fingerprint density at radius 3 is 2.58 bits per heavy atom. The van der Waals surface area contributed by atoms with Gasteiger partial charge in [0, 0.05) is 6.42 Å². The molecule has 0 aromatic heterocycles. The maximum Gasteiger partial charge on any atom is 0.346 e. The van der Waals surface area contributed by atoms with Crippen molar-refractivity contribution in [1.82, 2.24) is 0 Å².